The van der Waals surface area contributed by atoms with E-state index in [-0.39, 0.29) is 12.3 Å². The van der Waals surface area contributed by atoms with Gasteiger partial charge in [0.05, 0.1) is 0 Å². The van der Waals surface area contributed by atoms with Crippen molar-refractivity contribution in [1.29, 1.82) is 0 Å². The van der Waals surface area contributed by atoms with Crippen molar-refractivity contribution in [3.63, 3.8) is 0 Å². The second-order valence-corrected chi connectivity index (χ2v) is 3.12. The minimum absolute atomic E-state index is 0. The maximum atomic E-state index is 2.27. The van der Waals surface area contributed by atoms with Gasteiger partial charge in [-0.25, -0.2) is 0 Å². The number of rotatable bonds is 7. The minimum Gasteiger partial charge on any atom is -0.344 e. The average Bonchev–Trinajstić information content (AvgIpc) is 1.97. The Labute approximate surface area is 78.3 Å². The smallest absolute Gasteiger partial charge is 0.0533 e. The zero-order valence-corrected chi connectivity index (χ0v) is 9.07. The molecule has 2 nitrogen and oxygen atoms in total. The van der Waals surface area contributed by atoms with Crippen LogP contribution in [0.5, 0.6) is 0 Å². The lowest BCUT2D eigenvalue weighted by Crippen LogP contribution is -1.77. The van der Waals surface area contributed by atoms with Gasteiger partial charge in [-0.15, -0.1) is 0 Å². The average molecular weight is 176 g/mol. The van der Waals surface area contributed by atoms with Crippen molar-refractivity contribution in [1.82, 2.24) is 12.3 Å². The van der Waals surface area contributed by atoms with Crippen LogP contribution >= 0.6 is 0 Å². The molecule has 0 saturated heterocycles. The highest BCUT2D eigenvalue weighted by Crippen LogP contribution is 2.07. The van der Waals surface area contributed by atoms with E-state index in [0.717, 1.165) is 0 Å². The maximum Gasteiger partial charge on any atom is -0.0533 e. The summed E-state index contributed by atoms with van der Waals surface area (Å²) in [5.74, 6) is 0. The molecule has 0 radical (unpaired) electrons. The molecule has 12 heavy (non-hydrogen) atoms. The van der Waals surface area contributed by atoms with E-state index in [0.29, 0.717) is 0 Å². The van der Waals surface area contributed by atoms with E-state index in [1.54, 1.807) is 0 Å². The van der Waals surface area contributed by atoms with Gasteiger partial charge in [-0.3, -0.25) is 0 Å². The Kier molecular flexibility index (Phi) is 25.5. The van der Waals surface area contributed by atoms with Crippen molar-refractivity contribution >= 4 is 0 Å². The molecule has 0 fully saturated rings. The summed E-state index contributed by atoms with van der Waals surface area (Å²) in [4.78, 5) is 0. The van der Waals surface area contributed by atoms with Gasteiger partial charge in [-0.1, -0.05) is 65.2 Å². The van der Waals surface area contributed by atoms with Crippen LogP contribution in [0.3, 0.4) is 0 Å². The van der Waals surface area contributed by atoms with E-state index in [4.69, 9.17) is 0 Å². The third kappa shape index (κ3) is 16.5. The summed E-state index contributed by atoms with van der Waals surface area (Å²) in [5.41, 5.74) is 0. The zero-order valence-electron chi connectivity index (χ0n) is 9.07. The molecular formula is C10H28N2. The monoisotopic (exact) mass is 176 g/mol. The topological polar surface area (TPSA) is 70.0 Å². The lowest BCUT2D eigenvalue weighted by molar-refractivity contribution is 0.585. The van der Waals surface area contributed by atoms with Gasteiger partial charge in [-0.2, -0.15) is 0 Å². The van der Waals surface area contributed by atoms with Crippen LogP contribution in [0.25, 0.3) is 0 Å². The molecule has 6 N–H and O–H groups in total. The molecule has 2 heteroatoms. The maximum absolute atomic E-state index is 2.27. The Balaban J connectivity index is -0.000000405. The molecule has 0 aromatic heterocycles. The van der Waals surface area contributed by atoms with Gasteiger partial charge in [0.2, 0.25) is 0 Å². The summed E-state index contributed by atoms with van der Waals surface area (Å²) < 4.78 is 0. The van der Waals surface area contributed by atoms with Crippen LogP contribution in [0.4, 0.5) is 0 Å². The van der Waals surface area contributed by atoms with Crippen molar-refractivity contribution in [3.05, 3.63) is 0 Å². The normalized spacial score (nSPS) is 8.50. The highest BCUT2D eigenvalue weighted by Gasteiger charge is 1.87. The number of unbranched alkanes of at least 4 members (excludes halogenated alkanes) is 7. The van der Waals surface area contributed by atoms with Crippen LogP contribution in [0.2, 0.25) is 0 Å². The zero-order chi connectivity index (χ0) is 7.66. The SMILES string of the molecule is CCCCCCCCCC.N.N. The van der Waals surface area contributed by atoms with E-state index in [1.165, 1.54) is 51.4 Å². The molecule has 0 saturated carbocycles. The Hall–Kier alpha value is -0.0800. The van der Waals surface area contributed by atoms with Gasteiger partial charge >= 0.3 is 0 Å². The first kappa shape index (κ1) is 17.9. The summed E-state index contributed by atoms with van der Waals surface area (Å²) >= 11 is 0. The molecule has 0 aliphatic rings. The second-order valence-electron chi connectivity index (χ2n) is 3.12. The fraction of sp³-hybridized carbons (Fsp3) is 1.00. The van der Waals surface area contributed by atoms with Crippen molar-refractivity contribution in [2.45, 2.75) is 65.2 Å². The van der Waals surface area contributed by atoms with Crippen molar-refractivity contribution in [3.8, 4) is 0 Å². The van der Waals surface area contributed by atoms with Gasteiger partial charge in [-0.05, 0) is 0 Å². The molecule has 0 aliphatic heterocycles. The summed E-state index contributed by atoms with van der Waals surface area (Å²) in [6.07, 6.45) is 11.5. The van der Waals surface area contributed by atoms with Crippen LogP contribution in [0.15, 0.2) is 0 Å². The molecular weight excluding hydrogens is 148 g/mol. The largest absolute Gasteiger partial charge is 0.344 e. The van der Waals surface area contributed by atoms with Crippen LogP contribution in [-0.2, 0) is 0 Å². The third-order valence-electron chi connectivity index (χ3n) is 1.96. The first-order valence-electron chi connectivity index (χ1n) is 4.91. The highest BCUT2D eigenvalue weighted by atomic mass is 14.0. The molecule has 0 spiro atoms. The summed E-state index contributed by atoms with van der Waals surface area (Å²) in [7, 11) is 0. The van der Waals surface area contributed by atoms with Gasteiger partial charge < -0.3 is 12.3 Å². The van der Waals surface area contributed by atoms with Crippen LogP contribution in [0.1, 0.15) is 65.2 Å². The van der Waals surface area contributed by atoms with Crippen molar-refractivity contribution in [2.24, 2.45) is 0 Å². The fourth-order valence-corrected chi connectivity index (χ4v) is 1.21. The van der Waals surface area contributed by atoms with Crippen LogP contribution in [-0.4, -0.2) is 0 Å². The Morgan fingerprint density at radius 2 is 0.750 bits per heavy atom. The molecule has 0 unspecified atom stereocenters. The number of hydrogen-bond donors (Lipinski definition) is 2. The van der Waals surface area contributed by atoms with Crippen LogP contribution < -0.4 is 12.3 Å². The molecule has 0 aliphatic carbocycles. The first-order chi connectivity index (χ1) is 4.91. The van der Waals surface area contributed by atoms with Gasteiger partial charge in [0.1, 0.15) is 0 Å². The van der Waals surface area contributed by atoms with Crippen molar-refractivity contribution < 1.29 is 0 Å². The molecule has 0 atom stereocenters. The van der Waals surface area contributed by atoms with Crippen LogP contribution in [0, 0.1) is 0 Å². The Bertz CT molecular complexity index is 47.8. The second kappa shape index (κ2) is 17.1. The van der Waals surface area contributed by atoms with Gasteiger partial charge in [0.15, 0.2) is 0 Å². The molecule has 0 amide bonds. The predicted molar refractivity (Wildman–Crippen MR) is 58.3 cm³/mol. The molecule has 0 heterocycles. The molecule has 0 aromatic rings. The number of hydrogen-bond acceptors (Lipinski definition) is 2. The standard InChI is InChI=1S/C10H22.2H3N/c1-3-5-7-9-10-8-6-4-2;;/h3-10H2,1-2H3;2*1H3. The van der Waals surface area contributed by atoms with E-state index >= 15 is 0 Å². The lowest BCUT2D eigenvalue weighted by atomic mass is 10.1. The molecule has 0 rings (SSSR count). The lowest BCUT2D eigenvalue weighted by Gasteiger charge is -1.97. The predicted octanol–water partition coefficient (Wildman–Crippen LogP) is 4.47. The third-order valence-corrected chi connectivity index (χ3v) is 1.96. The quantitative estimate of drug-likeness (QED) is 0.562. The Morgan fingerprint density at radius 3 is 1.00 bits per heavy atom. The van der Waals surface area contributed by atoms with E-state index < -0.39 is 0 Å². The molecule has 78 valence electrons. The first-order valence-corrected chi connectivity index (χ1v) is 4.91. The molecule has 0 bridgehead atoms. The van der Waals surface area contributed by atoms with Gasteiger partial charge in [0, 0.05) is 0 Å². The highest BCUT2D eigenvalue weighted by molar-refractivity contribution is 4.43. The summed E-state index contributed by atoms with van der Waals surface area (Å²) in [6, 6.07) is 0. The molecule has 0 aromatic carbocycles. The fourth-order valence-electron chi connectivity index (χ4n) is 1.21. The summed E-state index contributed by atoms with van der Waals surface area (Å²) in [6.45, 7) is 4.54. The van der Waals surface area contributed by atoms with E-state index in [2.05, 4.69) is 13.8 Å². The van der Waals surface area contributed by atoms with Gasteiger partial charge in [0.25, 0.3) is 0 Å². The van der Waals surface area contributed by atoms with E-state index in [1.807, 2.05) is 0 Å². The van der Waals surface area contributed by atoms with Crippen molar-refractivity contribution in [2.75, 3.05) is 0 Å². The van der Waals surface area contributed by atoms with E-state index in [9.17, 15) is 0 Å². The Morgan fingerprint density at radius 1 is 0.500 bits per heavy atom. The summed E-state index contributed by atoms with van der Waals surface area (Å²) in [5, 5.41) is 0. The minimum atomic E-state index is 0.